The minimum Gasteiger partial charge on any atom is -0.497 e. The first-order chi connectivity index (χ1) is 12.5. The Morgan fingerprint density at radius 3 is 2.54 bits per heavy atom. The number of hydrogen-bond acceptors (Lipinski definition) is 4. The standard InChI is InChI=1S/C19H22Cl2N2O3/c1-25-15-5-6-17(18(12-15)26-2)23-19(24)8-10-22-9-7-13-3-4-14(20)11-16(13)21/h3-6,11-12,22H,7-10H2,1-2H3,(H,23,24). The van der Waals surface area contributed by atoms with Crippen LogP contribution in [0.4, 0.5) is 5.69 Å². The first kappa shape index (κ1) is 20.4. The molecule has 0 unspecified atom stereocenters. The van der Waals surface area contributed by atoms with E-state index in [9.17, 15) is 4.79 Å². The molecule has 0 aliphatic rings. The van der Waals surface area contributed by atoms with Gasteiger partial charge >= 0.3 is 0 Å². The number of anilines is 1. The van der Waals surface area contributed by atoms with Crippen LogP contribution in [0.15, 0.2) is 36.4 Å². The fourth-order valence-corrected chi connectivity index (χ4v) is 2.89. The zero-order chi connectivity index (χ0) is 18.9. The maximum atomic E-state index is 12.1. The second-order valence-electron chi connectivity index (χ2n) is 5.60. The molecule has 0 heterocycles. The third kappa shape index (κ3) is 6.09. The van der Waals surface area contributed by atoms with Crippen molar-refractivity contribution in [3.05, 3.63) is 52.0 Å². The van der Waals surface area contributed by atoms with Crippen molar-refractivity contribution in [2.45, 2.75) is 12.8 Å². The van der Waals surface area contributed by atoms with Gasteiger partial charge in [-0.25, -0.2) is 0 Å². The van der Waals surface area contributed by atoms with Gasteiger partial charge in [-0.1, -0.05) is 29.3 Å². The van der Waals surface area contributed by atoms with Crippen LogP contribution in [0.1, 0.15) is 12.0 Å². The number of methoxy groups -OCH3 is 2. The van der Waals surface area contributed by atoms with Crippen LogP contribution in [0, 0.1) is 0 Å². The molecule has 0 saturated carbocycles. The van der Waals surface area contributed by atoms with Gasteiger partial charge in [0.05, 0.1) is 19.9 Å². The van der Waals surface area contributed by atoms with Crippen molar-refractivity contribution in [1.29, 1.82) is 0 Å². The Morgan fingerprint density at radius 2 is 1.85 bits per heavy atom. The van der Waals surface area contributed by atoms with Gasteiger partial charge in [0.2, 0.25) is 5.91 Å². The van der Waals surface area contributed by atoms with Crippen LogP contribution in [0.5, 0.6) is 11.5 Å². The Morgan fingerprint density at radius 1 is 1.04 bits per heavy atom. The van der Waals surface area contributed by atoms with Crippen molar-refractivity contribution in [2.24, 2.45) is 0 Å². The number of hydrogen-bond donors (Lipinski definition) is 2. The summed E-state index contributed by atoms with van der Waals surface area (Å²) in [4.78, 5) is 12.1. The summed E-state index contributed by atoms with van der Waals surface area (Å²) >= 11 is 12.0. The van der Waals surface area contributed by atoms with Gasteiger partial charge < -0.3 is 20.1 Å². The number of halogens is 2. The van der Waals surface area contributed by atoms with E-state index in [2.05, 4.69) is 10.6 Å². The van der Waals surface area contributed by atoms with Gasteiger partial charge in [0, 0.05) is 29.1 Å². The van der Waals surface area contributed by atoms with E-state index in [0.717, 1.165) is 18.5 Å². The maximum Gasteiger partial charge on any atom is 0.225 e. The molecular weight excluding hydrogens is 375 g/mol. The summed E-state index contributed by atoms with van der Waals surface area (Å²) in [5.74, 6) is 1.14. The lowest BCUT2D eigenvalue weighted by molar-refractivity contribution is -0.116. The van der Waals surface area contributed by atoms with E-state index in [1.165, 1.54) is 0 Å². The fourth-order valence-electron chi connectivity index (χ4n) is 2.39. The van der Waals surface area contributed by atoms with Crippen LogP contribution < -0.4 is 20.1 Å². The summed E-state index contributed by atoms with van der Waals surface area (Å²) in [5.41, 5.74) is 1.64. The molecule has 0 saturated heterocycles. The molecular formula is C19H22Cl2N2O3. The van der Waals surface area contributed by atoms with Crippen LogP contribution >= 0.6 is 23.2 Å². The summed E-state index contributed by atoms with van der Waals surface area (Å²) in [7, 11) is 3.13. The van der Waals surface area contributed by atoms with E-state index in [-0.39, 0.29) is 5.91 Å². The van der Waals surface area contributed by atoms with Gasteiger partial charge in [0.15, 0.2) is 0 Å². The molecule has 2 aromatic carbocycles. The Balaban J connectivity index is 1.74. The summed E-state index contributed by atoms with van der Waals surface area (Å²) in [6, 6.07) is 10.7. The second kappa shape index (κ2) is 10.3. The van der Waals surface area contributed by atoms with Crippen molar-refractivity contribution in [3.8, 4) is 11.5 Å². The van der Waals surface area contributed by atoms with Crippen LogP contribution in [0.2, 0.25) is 10.0 Å². The van der Waals surface area contributed by atoms with E-state index < -0.39 is 0 Å². The summed E-state index contributed by atoms with van der Waals surface area (Å²) in [5, 5.41) is 7.36. The molecule has 0 radical (unpaired) electrons. The van der Waals surface area contributed by atoms with Gasteiger partial charge in [-0.3, -0.25) is 4.79 Å². The second-order valence-corrected chi connectivity index (χ2v) is 6.44. The van der Waals surface area contributed by atoms with Crippen molar-refractivity contribution in [3.63, 3.8) is 0 Å². The number of carbonyl (C=O) groups is 1. The highest BCUT2D eigenvalue weighted by Gasteiger charge is 2.09. The largest absolute Gasteiger partial charge is 0.497 e. The summed E-state index contributed by atoms with van der Waals surface area (Å²) in [6.07, 6.45) is 1.12. The highest BCUT2D eigenvalue weighted by atomic mass is 35.5. The molecule has 0 aliphatic heterocycles. The van der Waals surface area contributed by atoms with Crippen LogP contribution in [0.25, 0.3) is 0 Å². The molecule has 0 aromatic heterocycles. The quantitative estimate of drug-likeness (QED) is 0.624. The first-order valence-corrected chi connectivity index (χ1v) is 8.95. The number of nitrogens with one attached hydrogen (secondary N) is 2. The smallest absolute Gasteiger partial charge is 0.225 e. The van der Waals surface area contributed by atoms with Crippen LogP contribution in [-0.2, 0) is 11.2 Å². The lowest BCUT2D eigenvalue weighted by Crippen LogP contribution is -2.23. The Kier molecular flexibility index (Phi) is 8.04. The van der Waals surface area contributed by atoms with Gasteiger partial charge in [-0.05, 0) is 42.8 Å². The molecule has 2 aromatic rings. The summed E-state index contributed by atoms with van der Waals surface area (Å²) < 4.78 is 10.4. The van der Waals surface area contributed by atoms with Crippen LogP contribution in [-0.4, -0.2) is 33.2 Å². The van der Waals surface area contributed by atoms with E-state index in [1.54, 1.807) is 38.5 Å². The molecule has 0 atom stereocenters. The minimum absolute atomic E-state index is 0.0921. The van der Waals surface area contributed by atoms with E-state index >= 15 is 0 Å². The molecule has 0 bridgehead atoms. The maximum absolute atomic E-state index is 12.1. The van der Waals surface area contributed by atoms with Crippen LogP contribution in [0.3, 0.4) is 0 Å². The molecule has 5 nitrogen and oxygen atoms in total. The lowest BCUT2D eigenvalue weighted by Gasteiger charge is -2.12. The zero-order valence-corrected chi connectivity index (χ0v) is 16.3. The molecule has 7 heteroatoms. The normalized spacial score (nSPS) is 10.5. The Labute approximate surface area is 163 Å². The number of benzene rings is 2. The predicted octanol–water partition coefficient (Wildman–Crippen LogP) is 4.17. The molecule has 1 amide bonds. The van der Waals surface area contributed by atoms with Gasteiger partial charge in [0.25, 0.3) is 0 Å². The van der Waals surface area contributed by atoms with Crippen molar-refractivity contribution >= 4 is 34.8 Å². The van der Waals surface area contributed by atoms with Gasteiger partial charge in [-0.2, -0.15) is 0 Å². The Bertz CT molecular complexity index is 754. The lowest BCUT2D eigenvalue weighted by atomic mass is 10.1. The molecule has 2 rings (SSSR count). The molecule has 0 aliphatic carbocycles. The highest BCUT2D eigenvalue weighted by molar-refractivity contribution is 6.35. The van der Waals surface area contributed by atoms with E-state index in [1.807, 2.05) is 12.1 Å². The fraction of sp³-hybridized carbons (Fsp3) is 0.316. The van der Waals surface area contributed by atoms with Crippen molar-refractivity contribution in [2.75, 3.05) is 32.6 Å². The highest BCUT2D eigenvalue weighted by Crippen LogP contribution is 2.29. The van der Waals surface area contributed by atoms with E-state index in [0.29, 0.717) is 40.2 Å². The molecule has 0 fully saturated rings. The third-order valence-electron chi connectivity index (χ3n) is 3.80. The third-order valence-corrected chi connectivity index (χ3v) is 4.38. The van der Waals surface area contributed by atoms with Crippen molar-refractivity contribution in [1.82, 2.24) is 5.32 Å². The van der Waals surface area contributed by atoms with Crippen molar-refractivity contribution < 1.29 is 14.3 Å². The van der Waals surface area contributed by atoms with Gasteiger partial charge in [0.1, 0.15) is 11.5 Å². The van der Waals surface area contributed by atoms with Gasteiger partial charge in [-0.15, -0.1) is 0 Å². The SMILES string of the molecule is COc1ccc(NC(=O)CCNCCc2ccc(Cl)cc2Cl)c(OC)c1. The minimum atomic E-state index is -0.0921. The molecule has 2 N–H and O–H groups in total. The average molecular weight is 397 g/mol. The topological polar surface area (TPSA) is 59.6 Å². The monoisotopic (exact) mass is 396 g/mol. The first-order valence-electron chi connectivity index (χ1n) is 8.20. The molecule has 0 spiro atoms. The zero-order valence-electron chi connectivity index (χ0n) is 14.8. The number of ether oxygens (including phenoxy) is 2. The number of rotatable bonds is 9. The average Bonchev–Trinajstić information content (AvgIpc) is 2.63. The molecule has 140 valence electrons. The molecule has 26 heavy (non-hydrogen) atoms. The van der Waals surface area contributed by atoms with E-state index in [4.69, 9.17) is 32.7 Å². The number of carbonyl (C=O) groups excluding carboxylic acids is 1. The summed E-state index contributed by atoms with van der Waals surface area (Å²) in [6.45, 7) is 1.29. The Hall–Kier alpha value is -1.95. The predicted molar refractivity (Wildman–Crippen MR) is 106 cm³/mol. The number of amides is 1.